The van der Waals surface area contributed by atoms with Crippen LogP contribution >= 0.6 is 0 Å². The maximum Gasteiger partial charge on any atom is 0.326 e. The van der Waals surface area contributed by atoms with Crippen molar-refractivity contribution in [3.63, 3.8) is 0 Å². The molecule has 0 aromatic rings. The molecule has 4 nitrogen and oxygen atoms in total. The molecule has 0 spiro atoms. The lowest BCUT2D eigenvalue weighted by molar-refractivity contribution is -0.151. The van der Waals surface area contributed by atoms with Crippen molar-refractivity contribution in [2.24, 2.45) is 0 Å². The first-order valence-corrected chi connectivity index (χ1v) is 7.23. The second-order valence-corrected chi connectivity index (χ2v) is 6.13. The van der Waals surface area contributed by atoms with Crippen LogP contribution in [0.5, 0.6) is 0 Å². The molecule has 0 bridgehead atoms. The van der Waals surface area contributed by atoms with Gasteiger partial charge in [0, 0.05) is 11.6 Å². The Bertz CT molecular complexity index is 292. The molecule has 4 heteroatoms. The first kappa shape index (κ1) is 18.4. The predicted molar refractivity (Wildman–Crippen MR) is 80.3 cm³/mol. The van der Waals surface area contributed by atoms with Crippen LogP contribution in [-0.2, 0) is 9.53 Å². The number of hydrogen-bond donors (Lipinski definition) is 1. The van der Waals surface area contributed by atoms with E-state index in [1.54, 1.807) is 0 Å². The van der Waals surface area contributed by atoms with Crippen molar-refractivity contribution in [2.75, 3.05) is 20.7 Å². The molecule has 0 amide bonds. The van der Waals surface area contributed by atoms with Crippen molar-refractivity contribution in [1.82, 2.24) is 10.2 Å². The van der Waals surface area contributed by atoms with Gasteiger partial charge in [0.25, 0.3) is 0 Å². The van der Waals surface area contributed by atoms with Gasteiger partial charge in [0.05, 0.1) is 6.61 Å². The zero-order valence-electron chi connectivity index (χ0n) is 14.0. The summed E-state index contributed by atoms with van der Waals surface area (Å²) in [7, 11) is 3.93. The molecule has 0 rings (SSSR count). The number of esters is 1. The molecule has 0 aromatic carbocycles. The number of hydrogen-bond acceptors (Lipinski definition) is 4. The highest BCUT2D eigenvalue weighted by molar-refractivity contribution is 5.80. The summed E-state index contributed by atoms with van der Waals surface area (Å²) in [5, 5.41) is 3.12. The molecule has 0 aromatic heterocycles. The van der Waals surface area contributed by atoms with Crippen molar-refractivity contribution < 1.29 is 9.53 Å². The Kier molecular flexibility index (Phi) is 7.01. The van der Waals surface area contributed by atoms with Gasteiger partial charge in [-0.2, -0.15) is 0 Å². The number of nitrogens with one attached hydrogen (secondary N) is 1. The Morgan fingerprint density at radius 3 is 2.21 bits per heavy atom. The highest BCUT2D eigenvalue weighted by Gasteiger charge is 2.37. The number of carbonyl (C=O) groups is 1. The third kappa shape index (κ3) is 4.77. The highest BCUT2D eigenvalue weighted by atomic mass is 16.5. The molecule has 0 aliphatic heterocycles. The fourth-order valence-electron chi connectivity index (χ4n) is 2.15. The average Bonchev–Trinajstić information content (AvgIpc) is 2.37. The summed E-state index contributed by atoms with van der Waals surface area (Å²) in [6, 6.07) is 0.289. The molecule has 0 saturated heterocycles. The monoisotopic (exact) mass is 272 g/mol. The van der Waals surface area contributed by atoms with E-state index in [2.05, 4.69) is 45.0 Å². The van der Waals surface area contributed by atoms with E-state index >= 15 is 0 Å². The fourth-order valence-corrected chi connectivity index (χ4v) is 2.15. The molecular formula is C15H32N2O2. The zero-order valence-corrected chi connectivity index (χ0v) is 14.0. The van der Waals surface area contributed by atoms with Gasteiger partial charge in [-0.15, -0.1) is 0 Å². The second kappa shape index (κ2) is 7.25. The minimum Gasteiger partial charge on any atom is -0.465 e. The van der Waals surface area contributed by atoms with E-state index in [-0.39, 0.29) is 17.6 Å². The van der Waals surface area contributed by atoms with Crippen LogP contribution < -0.4 is 5.32 Å². The molecule has 2 unspecified atom stereocenters. The van der Waals surface area contributed by atoms with Gasteiger partial charge < -0.3 is 10.1 Å². The molecule has 0 fully saturated rings. The number of nitrogens with zero attached hydrogens (tertiary/aromatic N) is 1. The van der Waals surface area contributed by atoms with Gasteiger partial charge >= 0.3 is 5.97 Å². The van der Waals surface area contributed by atoms with E-state index in [4.69, 9.17) is 4.74 Å². The van der Waals surface area contributed by atoms with Crippen molar-refractivity contribution >= 4 is 5.97 Å². The Morgan fingerprint density at radius 1 is 1.32 bits per heavy atom. The average molecular weight is 272 g/mol. The predicted octanol–water partition coefficient (Wildman–Crippen LogP) is 2.43. The molecule has 0 radical (unpaired) electrons. The SMILES string of the molecule is CCOC(=O)C(C)(CC(C)N(C)C(C)(C)CC)NC. The minimum atomic E-state index is -0.631. The van der Waals surface area contributed by atoms with Gasteiger partial charge in [-0.05, 0) is 61.6 Å². The van der Waals surface area contributed by atoms with E-state index in [0.717, 1.165) is 12.8 Å². The molecule has 114 valence electrons. The molecule has 2 atom stereocenters. The van der Waals surface area contributed by atoms with Crippen molar-refractivity contribution in [2.45, 2.75) is 71.5 Å². The Morgan fingerprint density at radius 2 is 1.84 bits per heavy atom. The highest BCUT2D eigenvalue weighted by Crippen LogP contribution is 2.24. The fraction of sp³-hybridized carbons (Fsp3) is 0.933. The first-order valence-electron chi connectivity index (χ1n) is 7.23. The Balaban J connectivity index is 4.84. The lowest BCUT2D eigenvalue weighted by Gasteiger charge is -2.42. The van der Waals surface area contributed by atoms with Gasteiger partial charge in [-0.25, -0.2) is 0 Å². The maximum absolute atomic E-state index is 12.1. The molecular weight excluding hydrogens is 240 g/mol. The van der Waals surface area contributed by atoms with Crippen LogP contribution in [0.25, 0.3) is 0 Å². The number of carbonyl (C=O) groups excluding carboxylic acids is 1. The smallest absolute Gasteiger partial charge is 0.326 e. The van der Waals surface area contributed by atoms with Gasteiger partial charge in [0.15, 0.2) is 0 Å². The summed E-state index contributed by atoms with van der Waals surface area (Å²) in [5.41, 5.74) is -0.504. The summed E-state index contributed by atoms with van der Waals surface area (Å²) in [6.45, 7) is 13.0. The minimum absolute atomic E-state index is 0.128. The standard InChI is InChI=1S/C15H32N2O2/c1-9-14(4,5)17(8)12(3)11-15(6,16-7)13(18)19-10-2/h12,16H,9-11H2,1-8H3. The van der Waals surface area contributed by atoms with Crippen LogP contribution in [0.3, 0.4) is 0 Å². The summed E-state index contributed by atoms with van der Waals surface area (Å²) in [5.74, 6) is -0.174. The van der Waals surface area contributed by atoms with E-state index in [0.29, 0.717) is 6.61 Å². The Hall–Kier alpha value is -0.610. The number of likely N-dealkylation sites (N-methyl/N-ethyl adjacent to an activating group) is 1. The lowest BCUT2D eigenvalue weighted by Crippen LogP contribution is -2.55. The van der Waals surface area contributed by atoms with Crippen LogP contribution in [0.1, 0.15) is 54.4 Å². The number of ether oxygens (including phenoxy) is 1. The molecule has 0 heterocycles. The maximum atomic E-state index is 12.1. The van der Waals surface area contributed by atoms with E-state index in [1.165, 1.54) is 0 Å². The quantitative estimate of drug-likeness (QED) is 0.689. The second-order valence-electron chi connectivity index (χ2n) is 6.13. The molecule has 0 aliphatic carbocycles. The van der Waals surface area contributed by atoms with Crippen molar-refractivity contribution in [3.05, 3.63) is 0 Å². The van der Waals surface area contributed by atoms with Crippen LogP contribution in [0.4, 0.5) is 0 Å². The van der Waals surface area contributed by atoms with Gasteiger partial charge in [-0.1, -0.05) is 6.92 Å². The van der Waals surface area contributed by atoms with Crippen LogP contribution in [0, 0.1) is 0 Å². The van der Waals surface area contributed by atoms with Crippen molar-refractivity contribution in [3.8, 4) is 0 Å². The van der Waals surface area contributed by atoms with Gasteiger partial charge in [0.2, 0.25) is 0 Å². The van der Waals surface area contributed by atoms with Gasteiger partial charge in [0.1, 0.15) is 5.54 Å². The topological polar surface area (TPSA) is 41.6 Å². The summed E-state index contributed by atoms with van der Waals surface area (Å²) in [6.07, 6.45) is 1.80. The van der Waals surface area contributed by atoms with E-state index in [9.17, 15) is 4.79 Å². The third-order valence-corrected chi connectivity index (χ3v) is 4.46. The molecule has 1 N–H and O–H groups in total. The molecule has 0 saturated carbocycles. The molecule has 0 aliphatic rings. The first-order chi connectivity index (χ1) is 8.64. The van der Waals surface area contributed by atoms with Crippen LogP contribution in [-0.4, -0.2) is 48.7 Å². The van der Waals surface area contributed by atoms with Crippen LogP contribution in [0.2, 0.25) is 0 Å². The van der Waals surface area contributed by atoms with Gasteiger partial charge in [-0.3, -0.25) is 9.69 Å². The summed E-state index contributed by atoms with van der Waals surface area (Å²) in [4.78, 5) is 14.4. The number of rotatable bonds is 8. The zero-order chi connectivity index (χ0) is 15.3. The van der Waals surface area contributed by atoms with E-state index in [1.807, 2.05) is 20.9 Å². The van der Waals surface area contributed by atoms with Crippen LogP contribution in [0.15, 0.2) is 0 Å². The summed E-state index contributed by atoms with van der Waals surface area (Å²) >= 11 is 0. The Labute approximate surface area is 118 Å². The normalized spacial score (nSPS) is 17.1. The van der Waals surface area contributed by atoms with Crippen molar-refractivity contribution in [1.29, 1.82) is 0 Å². The largest absolute Gasteiger partial charge is 0.465 e. The third-order valence-electron chi connectivity index (χ3n) is 4.46. The van der Waals surface area contributed by atoms with E-state index < -0.39 is 5.54 Å². The lowest BCUT2D eigenvalue weighted by atomic mass is 9.90. The summed E-state index contributed by atoms with van der Waals surface area (Å²) < 4.78 is 5.17. The molecule has 19 heavy (non-hydrogen) atoms.